The molecule has 0 atom stereocenters. The van der Waals surface area contributed by atoms with Crippen LogP contribution < -0.4 is 0 Å². The van der Waals surface area contributed by atoms with E-state index in [4.69, 9.17) is 0 Å². The fourth-order valence-electron chi connectivity index (χ4n) is 8.55. The summed E-state index contributed by atoms with van der Waals surface area (Å²) in [6.07, 6.45) is 0. The van der Waals surface area contributed by atoms with Gasteiger partial charge >= 0.3 is 0 Å². The van der Waals surface area contributed by atoms with Gasteiger partial charge in [-0.05, 0) is 105 Å². The van der Waals surface area contributed by atoms with Gasteiger partial charge in [-0.2, -0.15) is 0 Å². The third-order valence-electron chi connectivity index (χ3n) is 10.8. The summed E-state index contributed by atoms with van der Waals surface area (Å²) >= 11 is 0. The minimum Gasteiger partial charge on any atom is -0.0619 e. The maximum Gasteiger partial charge on any atom is 0.0159 e. The van der Waals surface area contributed by atoms with Crippen LogP contribution in [0.1, 0.15) is 25.0 Å². The molecule has 220 valence electrons. The molecular weight excluding hydrogens is 565 g/mol. The standard InChI is InChI=1S/C47H32/c1-47(2)42-17-8-7-11-35(42)36-27-26-33(28-43(36)47)31-20-18-29(19-21-31)30-22-24-32(25-23-30)44-39-13-5-6-14-40(39)45-37-12-4-3-10-34(37)38-15-9-16-41(44)46(38)45/h3-28H,1-2H3. The van der Waals surface area contributed by atoms with Crippen LogP contribution in [0, 0.1) is 0 Å². The average molecular weight is 597 g/mol. The average Bonchev–Trinajstić information content (AvgIpc) is 3.58. The topological polar surface area (TPSA) is 0 Å². The van der Waals surface area contributed by atoms with Gasteiger partial charge in [-0.25, -0.2) is 0 Å². The highest BCUT2D eigenvalue weighted by Crippen LogP contribution is 2.53. The molecule has 0 fully saturated rings. The van der Waals surface area contributed by atoms with Crippen molar-refractivity contribution in [3.63, 3.8) is 0 Å². The fraction of sp³-hybridized carbons (Fsp3) is 0.0638. The lowest BCUT2D eigenvalue weighted by Crippen LogP contribution is -2.14. The molecule has 47 heavy (non-hydrogen) atoms. The molecule has 0 radical (unpaired) electrons. The molecule has 0 spiro atoms. The minimum atomic E-state index is 0.00386. The highest BCUT2D eigenvalue weighted by atomic mass is 14.4. The zero-order chi connectivity index (χ0) is 31.3. The quantitative estimate of drug-likeness (QED) is 0.178. The van der Waals surface area contributed by atoms with Gasteiger partial charge in [-0.15, -0.1) is 0 Å². The zero-order valence-corrected chi connectivity index (χ0v) is 26.5. The van der Waals surface area contributed by atoms with E-state index in [1.807, 2.05) is 0 Å². The summed E-state index contributed by atoms with van der Waals surface area (Å²) in [6.45, 7) is 4.69. The van der Waals surface area contributed by atoms with Gasteiger partial charge in [-0.1, -0.05) is 166 Å². The van der Waals surface area contributed by atoms with E-state index < -0.39 is 0 Å². The highest BCUT2D eigenvalue weighted by Gasteiger charge is 2.35. The van der Waals surface area contributed by atoms with Crippen molar-refractivity contribution in [1.82, 2.24) is 0 Å². The summed E-state index contributed by atoms with van der Waals surface area (Å²) in [7, 11) is 0. The number of rotatable bonds is 3. The zero-order valence-electron chi connectivity index (χ0n) is 26.5. The monoisotopic (exact) mass is 596 g/mol. The Bertz CT molecular complexity index is 2560. The number of benzene rings is 8. The second kappa shape index (κ2) is 9.64. The second-order valence-electron chi connectivity index (χ2n) is 13.7. The Morgan fingerprint density at radius 2 is 0.809 bits per heavy atom. The lowest BCUT2D eigenvalue weighted by molar-refractivity contribution is 0.660. The Labute approximate surface area is 275 Å². The van der Waals surface area contributed by atoms with Gasteiger partial charge in [0.2, 0.25) is 0 Å². The van der Waals surface area contributed by atoms with E-state index in [1.165, 1.54) is 99.4 Å². The molecule has 0 bridgehead atoms. The molecule has 0 aromatic heterocycles. The van der Waals surface area contributed by atoms with Crippen LogP contribution >= 0.6 is 0 Å². The SMILES string of the molecule is CC1(C)c2ccccc2-c2ccc(-c3ccc(-c4ccc(-c5c6ccccc6c6c7c(cccc57)-c5ccccc5-6)cc4)cc3)cc21. The van der Waals surface area contributed by atoms with E-state index in [9.17, 15) is 0 Å². The van der Waals surface area contributed by atoms with Gasteiger partial charge in [0.05, 0.1) is 0 Å². The number of hydrogen-bond donors (Lipinski definition) is 0. The third-order valence-corrected chi connectivity index (χ3v) is 10.8. The van der Waals surface area contributed by atoms with Crippen LogP contribution in [0.3, 0.4) is 0 Å². The van der Waals surface area contributed by atoms with Crippen molar-refractivity contribution in [3.8, 4) is 66.8 Å². The normalized spacial score (nSPS) is 13.5. The first-order valence-corrected chi connectivity index (χ1v) is 16.6. The molecule has 8 aromatic rings. The van der Waals surface area contributed by atoms with Crippen LogP contribution in [0.4, 0.5) is 0 Å². The molecule has 8 aromatic carbocycles. The summed E-state index contributed by atoms with van der Waals surface area (Å²) in [4.78, 5) is 0. The first-order valence-electron chi connectivity index (χ1n) is 16.6. The van der Waals surface area contributed by atoms with Crippen LogP contribution in [0.2, 0.25) is 0 Å². The smallest absolute Gasteiger partial charge is 0.0159 e. The molecule has 0 aliphatic heterocycles. The predicted octanol–water partition coefficient (Wildman–Crippen LogP) is 12.9. The third kappa shape index (κ3) is 3.70. The lowest BCUT2D eigenvalue weighted by atomic mass is 9.81. The van der Waals surface area contributed by atoms with E-state index in [0.29, 0.717) is 0 Å². The molecule has 2 aliphatic carbocycles. The maximum atomic E-state index is 2.40. The Balaban J connectivity index is 1.03. The molecule has 0 nitrogen and oxygen atoms in total. The van der Waals surface area contributed by atoms with E-state index in [0.717, 1.165) is 0 Å². The van der Waals surface area contributed by atoms with E-state index in [-0.39, 0.29) is 5.41 Å². The summed E-state index contributed by atoms with van der Waals surface area (Å²) in [5, 5.41) is 5.33. The van der Waals surface area contributed by atoms with Crippen molar-refractivity contribution < 1.29 is 0 Å². The first-order chi connectivity index (χ1) is 23.1. The van der Waals surface area contributed by atoms with Crippen LogP contribution in [-0.4, -0.2) is 0 Å². The van der Waals surface area contributed by atoms with Crippen molar-refractivity contribution >= 4 is 21.5 Å². The van der Waals surface area contributed by atoms with Crippen molar-refractivity contribution in [1.29, 1.82) is 0 Å². The van der Waals surface area contributed by atoms with Gasteiger partial charge in [-0.3, -0.25) is 0 Å². The van der Waals surface area contributed by atoms with E-state index in [2.05, 4.69) is 172 Å². The lowest BCUT2D eigenvalue weighted by Gasteiger charge is -2.22. The Morgan fingerprint density at radius 3 is 1.53 bits per heavy atom. The maximum absolute atomic E-state index is 2.40. The molecule has 0 heterocycles. The number of hydrogen-bond acceptors (Lipinski definition) is 0. The van der Waals surface area contributed by atoms with E-state index in [1.54, 1.807) is 0 Å². The van der Waals surface area contributed by atoms with Crippen molar-refractivity contribution in [2.75, 3.05) is 0 Å². The molecule has 2 aliphatic rings. The summed E-state index contributed by atoms with van der Waals surface area (Å²) < 4.78 is 0. The molecule has 0 heteroatoms. The molecule has 10 rings (SSSR count). The van der Waals surface area contributed by atoms with Crippen LogP contribution in [0.15, 0.2) is 158 Å². The first kappa shape index (κ1) is 26.5. The Kier molecular flexibility index (Phi) is 5.44. The molecule has 0 saturated carbocycles. The molecule has 0 saturated heterocycles. The molecule has 0 amide bonds. The Hall–Kier alpha value is -5.72. The molecular formula is C47H32. The van der Waals surface area contributed by atoms with Crippen LogP contribution in [-0.2, 0) is 5.41 Å². The van der Waals surface area contributed by atoms with Gasteiger partial charge in [0.25, 0.3) is 0 Å². The van der Waals surface area contributed by atoms with Gasteiger partial charge in [0.15, 0.2) is 0 Å². The second-order valence-corrected chi connectivity index (χ2v) is 13.7. The van der Waals surface area contributed by atoms with Crippen molar-refractivity contribution in [2.24, 2.45) is 0 Å². The van der Waals surface area contributed by atoms with Crippen molar-refractivity contribution in [3.05, 3.63) is 169 Å². The van der Waals surface area contributed by atoms with E-state index >= 15 is 0 Å². The number of fused-ring (bicyclic) bond motifs is 8. The van der Waals surface area contributed by atoms with Gasteiger partial charge in [0.1, 0.15) is 0 Å². The van der Waals surface area contributed by atoms with Crippen LogP contribution in [0.25, 0.3) is 88.3 Å². The van der Waals surface area contributed by atoms with Crippen LogP contribution in [0.5, 0.6) is 0 Å². The predicted molar refractivity (Wildman–Crippen MR) is 200 cm³/mol. The summed E-state index contributed by atoms with van der Waals surface area (Å²) in [5.41, 5.74) is 18.5. The largest absolute Gasteiger partial charge is 0.0619 e. The highest BCUT2D eigenvalue weighted by molar-refractivity contribution is 6.29. The van der Waals surface area contributed by atoms with Gasteiger partial charge < -0.3 is 0 Å². The fourth-order valence-corrected chi connectivity index (χ4v) is 8.55. The molecule has 0 unspecified atom stereocenters. The summed E-state index contributed by atoms with van der Waals surface area (Å²) in [5.74, 6) is 0. The van der Waals surface area contributed by atoms with Crippen molar-refractivity contribution in [2.45, 2.75) is 19.3 Å². The van der Waals surface area contributed by atoms with Gasteiger partial charge in [0, 0.05) is 5.41 Å². The minimum absolute atomic E-state index is 0.00386. The molecule has 0 N–H and O–H groups in total. The summed E-state index contributed by atoms with van der Waals surface area (Å²) in [6, 6.07) is 58.7. The Morgan fingerprint density at radius 1 is 0.319 bits per heavy atom.